The SMILES string of the molecule is ClOCl.[Sn+4]. The van der Waals surface area contributed by atoms with Crippen LogP contribution < -0.4 is 0 Å². The average Bonchev–Trinajstić information content (AvgIpc) is 0.918. The van der Waals surface area contributed by atoms with Crippen molar-refractivity contribution < 1.29 is 3.84 Å². The van der Waals surface area contributed by atoms with Crippen LogP contribution in [0.3, 0.4) is 0 Å². The summed E-state index contributed by atoms with van der Waals surface area (Å²) in [5, 5.41) is 0. The van der Waals surface area contributed by atoms with E-state index in [1.54, 1.807) is 0 Å². The largest absolute Gasteiger partial charge is 4.00 e. The average molecular weight is 206 g/mol. The number of halogens is 2. The second-order valence-corrected chi connectivity index (χ2v) is 0.525. The maximum atomic E-state index is 4.26. The van der Waals surface area contributed by atoms with Gasteiger partial charge in [-0.3, -0.25) is 0 Å². The van der Waals surface area contributed by atoms with Crippen molar-refractivity contribution in [2.45, 2.75) is 0 Å². The monoisotopic (exact) mass is 206 g/mol. The van der Waals surface area contributed by atoms with Gasteiger partial charge in [0, 0.05) is 0 Å². The molecule has 0 saturated carbocycles. The molecule has 0 radical (unpaired) electrons. The molecule has 0 aliphatic rings. The van der Waals surface area contributed by atoms with Gasteiger partial charge in [-0.1, -0.05) is 0 Å². The van der Waals surface area contributed by atoms with Crippen LogP contribution in [0.4, 0.5) is 0 Å². The first-order valence-electron chi connectivity index (χ1n) is 0.309. The molecule has 0 heterocycles. The normalized spacial score (nSPS) is 4.50. The summed E-state index contributed by atoms with van der Waals surface area (Å²) in [6.45, 7) is 0. The van der Waals surface area contributed by atoms with Crippen molar-refractivity contribution in [3.8, 4) is 0 Å². The third kappa shape index (κ3) is 10.2. The van der Waals surface area contributed by atoms with Gasteiger partial charge in [0.2, 0.25) is 0 Å². The second-order valence-electron chi connectivity index (χ2n) is 0.0583. The summed E-state index contributed by atoms with van der Waals surface area (Å²) in [4.78, 5) is 0. The third-order valence-corrected chi connectivity index (χ3v) is 0. The van der Waals surface area contributed by atoms with Gasteiger partial charge in [-0.05, 0) is 0 Å². The summed E-state index contributed by atoms with van der Waals surface area (Å²) in [6.07, 6.45) is 0. The molecule has 0 aromatic rings. The second kappa shape index (κ2) is 8.84. The number of hydrogen-bond acceptors (Lipinski definition) is 1. The predicted molar refractivity (Wildman–Crippen MR) is 18.5 cm³/mol. The van der Waals surface area contributed by atoms with Crippen LogP contribution in [0.15, 0.2) is 0 Å². The van der Waals surface area contributed by atoms with E-state index < -0.39 is 0 Å². The van der Waals surface area contributed by atoms with E-state index in [0.717, 1.165) is 0 Å². The Balaban J connectivity index is 0. The van der Waals surface area contributed by atoms with Crippen LogP contribution in [0.25, 0.3) is 0 Å². The van der Waals surface area contributed by atoms with Gasteiger partial charge >= 0.3 is 23.9 Å². The van der Waals surface area contributed by atoms with Gasteiger partial charge in [-0.15, -0.1) is 0 Å². The maximum Gasteiger partial charge on any atom is 4.00 e. The zero-order valence-corrected chi connectivity index (χ0v) is 6.03. The van der Waals surface area contributed by atoms with Crippen LogP contribution in [-0.4, -0.2) is 23.9 Å². The molecule has 0 spiro atoms. The van der Waals surface area contributed by atoms with E-state index >= 15 is 0 Å². The van der Waals surface area contributed by atoms with Crippen LogP contribution >= 0.6 is 23.7 Å². The minimum Gasteiger partial charge on any atom is -0.166 e. The van der Waals surface area contributed by atoms with E-state index in [2.05, 4.69) is 27.6 Å². The summed E-state index contributed by atoms with van der Waals surface area (Å²) >= 11 is 8.53. The van der Waals surface area contributed by atoms with E-state index in [0.29, 0.717) is 0 Å². The summed E-state index contributed by atoms with van der Waals surface area (Å²) in [5.41, 5.74) is 0. The van der Waals surface area contributed by atoms with Crippen molar-refractivity contribution in [1.29, 1.82) is 0 Å². The zero-order valence-electron chi connectivity index (χ0n) is 1.66. The molecule has 0 aromatic carbocycles. The smallest absolute Gasteiger partial charge is 0.166 e. The Morgan fingerprint density at radius 3 is 1.25 bits per heavy atom. The number of rotatable bonds is 0. The van der Waals surface area contributed by atoms with E-state index in [1.807, 2.05) is 0 Å². The molecule has 4 heavy (non-hydrogen) atoms. The van der Waals surface area contributed by atoms with Crippen molar-refractivity contribution in [2.75, 3.05) is 0 Å². The minimum absolute atomic E-state index is 0. The van der Waals surface area contributed by atoms with Crippen molar-refractivity contribution >= 4 is 47.6 Å². The molecule has 0 bridgehead atoms. The fourth-order valence-corrected chi connectivity index (χ4v) is 0. The Bertz CT molecular complexity index is 6.00. The van der Waals surface area contributed by atoms with Crippen molar-refractivity contribution in [2.24, 2.45) is 0 Å². The molecular weight excluding hydrogens is 206 g/mol. The van der Waals surface area contributed by atoms with Gasteiger partial charge in [0.1, 0.15) is 0 Å². The van der Waals surface area contributed by atoms with Crippen LogP contribution in [0.1, 0.15) is 0 Å². The standard InChI is InChI=1S/Cl2O.Sn/c1-3-2;/q;+4. The Morgan fingerprint density at radius 2 is 1.25 bits per heavy atom. The first-order chi connectivity index (χ1) is 1.41. The fraction of sp³-hybridized carbons (Fsp3) is 0. The molecule has 4 heteroatoms. The Labute approximate surface area is 51.5 Å². The molecule has 0 aliphatic heterocycles. The first-order valence-corrected chi connectivity index (χ1v) is 0.926. The molecule has 0 aliphatic carbocycles. The number of hydrogen-bond donors (Lipinski definition) is 0. The van der Waals surface area contributed by atoms with Gasteiger partial charge in [0.25, 0.3) is 0 Å². The van der Waals surface area contributed by atoms with E-state index in [4.69, 9.17) is 0 Å². The van der Waals surface area contributed by atoms with Crippen LogP contribution in [-0.2, 0) is 3.84 Å². The predicted octanol–water partition coefficient (Wildman–Crippen LogP) is 0.930. The Kier molecular flexibility index (Phi) is 19.9. The van der Waals surface area contributed by atoms with Crippen LogP contribution in [0, 0.1) is 0 Å². The molecule has 0 amide bonds. The molecule has 0 aromatic heterocycles. The van der Waals surface area contributed by atoms with Crippen molar-refractivity contribution in [1.82, 2.24) is 0 Å². The quantitative estimate of drug-likeness (QED) is 0.535. The van der Waals surface area contributed by atoms with Crippen LogP contribution in [0.2, 0.25) is 0 Å². The van der Waals surface area contributed by atoms with Gasteiger partial charge in [0.05, 0.1) is 23.7 Å². The van der Waals surface area contributed by atoms with Gasteiger partial charge in [0.15, 0.2) is 0 Å². The maximum absolute atomic E-state index is 4.26. The van der Waals surface area contributed by atoms with E-state index in [-0.39, 0.29) is 23.9 Å². The van der Waals surface area contributed by atoms with Gasteiger partial charge < -0.3 is 0 Å². The summed E-state index contributed by atoms with van der Waals surface area (Å²) in [6, 6.07) is 0. The van der Waals surface area contributed by atoms with Gasteiger partial charge in [-0.25, -0.2) is 0 Å². The molecule has 0 rings (SSSR count). The Hall–Kier alpha value is 1.34. The molecule has 1 nitrogen and oxygen atoms in total. The summed E-state index contributed by atoms with van der Waals surface area (Å²) in [5.74, 6) is 0. The van der Waals surface area contributed by atoms with Crippen molar-refractivity contribution in [3.05, 3.63) is 0 Å². The molecule has 0 atom stereocenters. The van der Waals surface area contributed by atoms with E-state index in [9.17, 15) is 0 Å². The molecule has 0 saturated heterocycles. The molecule has 0 N–H and O–H groups in total. The fourth-order valence-electron chi connectivity index (χ4n) is 0. The molecule has 20 valence electrons. The van der Waals surface area contributed by atoms with Gasteiger partial charge in [-0.2, -0.15) is 3.84 Å². The minimum atomic E-state index is 0. The Morgan fingerprint density at radius 1 is 1.25 bits per heavy atom. The summed E-state index contributed by atoms with van der Waals surface area (Å²) in [7, 11) is 0. The van der Waals surface area contributed by atoms with E-state index in [1.165, 1.54) is 0 Å². The molecule has 0 fully saturated rings. The topological polar surface area (TPSA) is 9.23 Å². The van der Waals surface area contributed by atoms with Crippen molar-refractivity contribution in [3.63, 3.8) is 0 Å². The molecule has 0 unspecified atom stereocenters. The molecular formula is Cl2OSn+4. The third-order valence-electron chi connectivity index (χ3n) is 0. The van der Waals surface area contributed by atoms with Crippen LogP contribution in [0.5, 0.6) is 0 Å². The summed E-state index contributed by atoms with van der Waals surface area (Å²) < 4.78 is 3.19. The first kappa shape index (κ1) is 9.02. The zero-order chi connectivity index (χ0) is 2.71.